The third-order valence-corrected chi connectivity index (χ3v) is 3.76. The van der Waals surface area contributed by atoms with Crippen molar-refractivity contribution in [2.24, 2.45) is 5.92 Å². The van der Waals surface area contributed by atoms with Crippen LogP contribution in [-0.4, -0.2) is 33.2 Å². The van der Waals surface area contributed by atoms with Crippen molar-refractivity contribution in [1.29, 1.82) is 0 Å². The molecule has 116 valence electrons. The molecule has 0 saturated heterocycles. The van der Waals surface area contributed by atoms with Gasteiger partial charge in [-0.1, -0.05) is 6.07 Å². The number of ether oxygens (including phenoxy) is 2. The summed E-state index contributed by atoms with van der Waals surface area (Å²) in [4.78, 5) is 11.7. The Kier molecular flexibility index (Phi) is 5.44. The van der Waals surface area contributed by atoms with Crippen LogP contribution in [-0.2, 0) is 4.79 Å². The van der Waals surface area contributed by atoms with E-state index in [1.165, 1.54) is 12.8 Å². The minimum absolute atomic E-state index is 0.0502. The van der Waals surface area contributed by atoms with E-state index in [0.717, 1.165) is 12.1 Å². The zero-order chi connectivity index (χ0) is 15.2. The molecule has 0 bridgehead atoms. The van der Waals surface area contributed by atoms with Gasteiger partial charge in [-0.25, -0.2) is 0 Å². The van der Waals surface area contributed by atoms with Crippen LogP contribution in [0.25, 0.3) is 0 Å². The summed E-state index contributed by atoms with van der Waals surface area (Å²) in [6, 6.07) is 5.84. The molecule has 1 fully saturated rings. The number of hydrogen-bond donors (Lipinski definition) is 2. The van der Waals surface area contributed by atoms with Crippen LogP contribution in [0.3, 0.4) is 0 Å². The third-order valence-electron chi connectivity index (χ3n) is 3.76. The molecule has 0 aromatic heterocycles. The Bertz CT molecular complexity index is 486. The van der Waals surface area contributed by atoms with Crippen molar-refractivity contribution in [2.75, 3.05) is 27.3 Å². The number of amides is 1. The van der Waals surface area contributed by atoms with E-state index in [0.29, 0.717) is 24.0 Å². The fourth-order valence-corrected chi connectivity index (χ4v) is 2.13. The van der Waals surface area contributed by atoms with Crippen molar-refractivity contribution in [3.8, 4) is 11.5 Å². The lowest BCUT2D eigenvalue weighted by Crippen LogP contribution is -2.36. The first kappa shape index (κ1) is 15.6. The van der Waals surface area contributed by atoms with Gasteiger partial charge in [-0.3, -0.25) is 4.79 Å². The molecule has 0 spiro atoms. The van der Waals surface area contributed by atoms with Crippen LogP contribution < -0.4 is 20.1 Å². The van der Waals surface area contributed by atoms with Crippen LogP contribution in [0, 0.1) is 5.92 Å². The predicted octanol–water partition coefficient (Wildman–Crippen LogP) is 1.88. The summed E-state index contributed by atoms with van der Waals surface area (Å²) in [7, 11) is 3.23. The minimum Gasteiger partial charge on any atom is -0.493 e. The number of carbonyl (C=O) groups excluding carboxylic acids is 1. The Morgan fingerprint density at radius 1 is 1.29 bits per heavy atom. The van der Waals surface area contributed by atoms with Gasteiger partial charge in [0, 0.05) is 12.6 Å². The van der Waals surface area contributed by atoms with Crippen LogP contribution in [0.1, 0.15) is 31.4 Å². The van der Waals surface area contributed by atoms with Crippen molar-refractivity contribution in [2.45, 2.75) is 25.8 Å². The third kappa shape index (κ3) is 4.63. The first-order valence-corrected chi connectivity index (χ1v) is 7.36. The van der Waals surface area contributed by atoms with Crippen LogP contribution in [0.4, 0.5) is 0 Å². The predicted molar refractivity (Wildman–Crippen MR) is 81.7 cm³/mol. The van der Waals surface area contributed by atoms with Crippen molar-refractivity contribution >= 4 is 5.91 Å². The SMILES string of the molecule is COc1ccc(C(C)NCC(=O)NCC2CC2)cc1OC. The van der Waals surface area contributed by atoms with Crippen LogP contribution in [0.15, 0.2) is 18.2 Å². The molecule has 1 aliphatic rings. The van der Waals surface area contributed by atoms with E-state index in [2.05, 4.69) is 10.6 Å². The van der Waals surface area contributed by atoms with Crippen molar-refractivity contribution in [1.82, 2.24) is 10.6 Å². The maximum Gasteiger partial charge on any atom is 0.233 e. The summed E-state index contributed by atoms with van der Waals surface area (Å²) >= 11 is 0. The summed E-state index contributed by atoms with van der Waals surface area (Å²) in [5, 5.41) is 6.17. The van der Waals surface area contributed by atoms with E-state index >= 15 is 0 Å². The molecule has 0 heterocycles. The van der Waals surface area contributed by atoms with Gasteiger partial charge in [0.1, 0.15) is 0 Å². The molecular weight excluding hydrogens is 268 g/mol. The van der Waals surface area contributed by atoms with Crippen molar-refractivity contribution in [3.63, 3.8) is 0 Å². The Hall–Kier alpha value is -1.75. The molecule has 5 heteroatoms. The van der Waals surface area contributed by atoms with Gasteiger partial charge < -0.3 is 20.1 Å². The maximum absolute atomic E-state index is 11.7. The zero-order valence-electron chi connectivity index (χ0n) is 12.9. The summed E-state index contributed by atoms with van der Waals surface area (Å²) < 4.78 is 10.5. The lowest BCUT2D eigenvalue weighted by atomic mass is 10.1. The van der Waals surface area contributed by atoms with Crippen LogP contribution >= 0.6 is 0 Å². The molecule has 1 amide bonds. The Morgan fingerprint density at radius 2 is 2.00 bits per heavy atom. The lowest BCUT2D eigenvalue weighted by molar-refractivity contribution is -0.120. The number of methoxy groups -OCH3 is 2. The normalized spacial score (nSPS) is 15.4. The molecule has 21 heavy (non-hydrogen) atoms. The summed E-state index contributed by atoms with van der Waals surface area (Å²) in [5.41, 5.74) is 1.06. The number of benzene rings is 1. The molecule has 1 aromatic carbocycles. The second-order valence-corrected chi connectivity index (χ2v) is 5.46. The van der Waals surface area contributed by atoms with E-state index < -0.39 is 0 Å². The zero-order valence-corrected chi connectivity index (χ0v) is 12.9. The standard InChI is InChI=1S/C16H24N2O3/c1-11(17-10-16(19)18-9-12-4-5-12)13-6-7-14(20-2)15(8-13)21-3/h6-8,11-12,17H,4-5,9-10H2,1-3H3,(H,18,19). The molecule has 2 rings (SSSR count). The molecule has 1 aromatic rings. The van der Waals surface area contributed by atoms with E-state index in [4.69, 9.17) is 9.47 Å². The average Bonchev–Trinajstić information content (AvgIpc) is 3.34. The van der Waals surface area contributed by atoms with Crippen LogP contribution in [0.5, 0.6) is 11.5 Å². The minimum atomic E-state index is 0.0502. The van der Waals surface area contributed by atoms with Gasteiger partial charge in [0.05, 0.1) is 20.8 Å². The van der Waals surface area contributed by atoms with Crippen LogP contribution in [0.2, 0.25) is 0 Å². The first-order chi connectivity index (χ1) is 10.1. The second kappa shape index (κ2) is 7.31. The van der Waals surface area contributed by atoms with Crippen molar-refractivity contribution in [3.05, 3.63) is 23.8 Å². The molecule has 1 unspecified atom stereocenters. The maximum atomic E-state index is 11.7. The summed E-state index contributed by atoms with van der Waals surface area (Å²) in [6.45, 7) is 3.16. The highest BCUT2D eigenvalue weighted by molar-refractivity contribution is 5.78. The van der Waals surface area contributed by atoms with Gasteiger partial charge in [-0.2, -0.15) is 0 Å². The molecule has 1 saturated carbocycles. The van der Waals surface area contributed by atoms with Gasteiger partial charge in [0.15, 0.2) is 11.5 Å². The molecule has 1 aliphatic carbocycles. The fourth-order valence-electron chi connectivity index (χ4n) is 2.13. The number of hydrogen-bond acceptors (Lipinski definition) is 4. The van der Waals surface area contributed by atoms with Gasteiger partial charge in [0.2, 0.25) is 5.91 Å². The van der Waals surface area contributed by atoms with Gasteiger partial charge >= 0.3 is 0 Å². The monoisotopic (exact) mass is 292 g/mol. The molecule has 2 N–H and O–H groups in total. The van der Waals surface area contributed by atoms with E-state index in [1.54, 1.807) is 14.2 Å². The van der Waals surface area contributed by atoms with Crippen molar-refractivity contribution < 1.29 is 14.3 Å². The number of rotatable bonds is 8. The van der Waals surface area contributed by atoms with Gasteiger partial charge in [-0.05, 0) is 43.4 Å². The fraction of sp³-hybridized carbons (Fsp3) is 0.562. The summed E-state index contributed by atoms with van der Waals surface area (Å²) in [6.07, 6.45) is 2.49. The highest BCUT2D eigenvalue weighted by atomic mass is 16.5. The first-order valence-electron chi connectivity index (χ1n) is 7.36. The highest BCUT2D eigenvalue weighted by Crippen LogP contribution is 2.30. The highest BCUT2D eigenvalue weighted by Gasteiger charge is 2.21. The average molecular weight is 292 g/mol. The van der Waals surface area contributed by atoms with Gasteiger partial charge in [-0.15, -0.1) is 0 Å². The Labute approximate surface area is 126 Å². The number of nitrogens with one attached hydrogen (secondary N) is 2. The van der Waals surface area contributed by atoms with Gasteiger partial charge in [0.25, 0.3) is 0 Å². The second-order valence-electron chi connectivity index (χ2n) is 5.46. The Morgan fingerprint density at radius 3 is 2.62 bits per heavy atom. The van der Waals surface area contributed by atoms with E-state index in [-0.39, 0.29) is 11.9 Å². The van der Waals surface area contributed by atoms with E-state index in [1.807, 2.05) is 25.1 Å². The quantitative estimate of drug-likeness (QED) is 0.768. The number of carbonyl (C=O) groups is 1. The molecule has 0 radical (unpaired) electrons. The molecule has 1 atom stereocenters. The summed E-state index contributed by atoms with van der Waals surface area (Å²) in [5.74, 6) is 2.16. The largest absolute Gasteiger partial charge is 0.493 e. The topological polar surface area (TPSA) is 59.6 Å². The molecular formula is C16H24N2O3. The smallest absolute Gasteiger partial charge is 0.233 e. The lowest BCUT2D eigenvalue weighted by Gasteiger charge is -2.16. The molecule has 5 nitrogen and oxygen atoms in total. The Balaban J connectivity index is 1.84. The molecule has 0 aliphatic heterocycles. The van der Waals surface area contributed by atoms with E-state index in [9.17, 15) is 4.79 Å².